The van der Waals surface area contributed by atoms with Gasteiger partial charge in [-0.2, -0.15) is 5.26 Å². The lowest BCUT2D eigenvalue weighted by molar-refractivity contribution is -0.481. The highest BCUT2D eigenvalue weighted by atomic mass is 16.6. The Labute approximate surface area is 58.0 Å². The first kappa shape index (κ1) is 8.85. The van der Waals surface area contributed by atoms with E-state index in [-0.39, 0.29) is 19.4 Å². The predicted octanol–water partition coefficient (Wildman–Crippen LogP) is -0.0722. The summed E-state index contributed by atoms with van der Waals surface area (Å²) in [7, 11) is 0. The van der Waals surface area contributed by atoms with Crippen molar-refractivity contribution in [2.45, 2.75) is 18.9 Å². The summed E-state index contributed by atoms with van der Waals surface area (Å²) >= 11 is 0. The second-order valence-electron chi connectivity index (χ2n) is 1.86. The molecular weight excluding hydrogens is 136 g/mol. The van der Waals surface area contributed by atoms with Crippen LogP contribution < -0.4 is 0 Å². The molecule has 0 fully saturated rings. The van der Waals surface area contributed by atoms with Crippen molar-refractivity contribution in [1.29, 1.82) is 5.26 Å². The van der Waals surface area contributed by atoms with E-state index in [2.05, 4.69) is 0 Å². The second kappa shape index (κ2) is 4.70. The summed E-state index contributed by atoms with van der Waals surface area (Å²) in [4.78, 5) is 9.21. The fourth-order valence-electron chi connectivity index (χ4n) is 0.462. The van der Waals surface area contributed by atoms with Gasteiger partial charge in [0.05, 0.1) is 18.6 Å². The van der Waals surface area contributed by atoms with E-state index in [0.717, 1.165) is 0 Å². The van der Waals surface area contributed by atoms with Crippen molar-refractivity contribution >= 4 is 0 Å². The minimum absolute atomic E-state index is 0.0339. The molecule has 0 rings (SSSR count). The average molecular weight is 144 g/mol. The summed E-state index contributed by atoms with van der Waals surface area (Å²) in [5, 5.41) is 26.5. The van der Waals surface area contributed by atoms with Crippen LogP contribution in [0.5, 0.6) is 0 Å². The summed E-state index contributed by atoms with van der Waals surface area (Å²) in [5.41, 5.74) is 0. The summed E-state index contributed by atoms with van der Waals surface area (Å²) in [6.45, 7) is -0.275. The maximum absolute atomic E-state index is 9.72. The number of nitrogens with zero attached hydrogens (tertiary/aromatic N) is 2. The zero-order valence-electron chi connectivity index (χ0n) is 5.36. The highest BCUT2D eigenvalue weighted by Crippen LogP contribution is 1.95. The smallest absolute Gasteiger partial charge is 0.206 e. The fourth-order valence-corrected chi connectivity index (χ4v) is 0.462. The average Bonchev–Trinajstić information content (AvgIpc) is 1.85. The summed E-state index contributed by atoms with van der Waals surface area (Å²) < 4.78 is 0. The van der Waals surface area contributed by atoms with Gasteiger partial charge in [0.15, 0.2) is 0 Å². The molecule has 0 aromatic rings. The molecular formula is C5H8N2O3. The van der Waals surface area contributed by atoms with Crippen LogP contribution in [-0.4, -0.2) is 22.7 Å². The van der Waals surface area contributed by atoms with Crippen LogP contribution in [0, 0.1) is 21.4 Å². The monoisotopic (exact) mass is 144 g/mol. The minimum Gasteiger partial charge on any atom is -0.392 e. The number of hydrogen-bond donors (Lipinski definition) is 1. The van der Waals surface area contributed by atoms with E-state index in [0.29, 0.717) is 0 Å². The fraction of sp³-hybridized carbons (Fsp3) is 0.800. The van der Waals surface area contributed by atoms with Gasteiger partial charge in [-0.05, 0) is 0 Å². The van der Waals surface area contributed by atoms with Crippen molar-refractivity contribution in [3.8, 4) is 6.07 Å². The number of rotatable bonds is 4. The third kappa shape index (κ3) is 5.00. The number of hydrogen-bond acceptors (Lipinski definition) is 4. The first-order chi connectivity index (χ1) is 4.66. The van der Waals surface area contributed by atoms with Crippen LogP contribution in [0.3, 0.4) is 0 Å². The van der Waals surface area contributed by atoms with E-state index in [1.54, 1.807) is 6.07 Å². The summed E-state index contributed by atoms with van der Waals surface area (Å²) in [5.74, 6) is 0. The van der Waals surface area contributed by atoms with Crippen LogP contribution in [-0.2, 0) is 0 Å². The molecule has 1 atom stereocenters. The molecule has 10 heavy (non-hydrogen) atoms. The molecule has 0 radical (unpaired) electrons. The minimum atomic E-state index is -0.851. The Bertz CT molecular complexity index is 151. The van der Waals surface area contributed by atoms with E-state index in [1.165, 1.54) is 0 Å². The Kier molecular flexibility index (Phi) is 4.16. The largest absolute Gasteiger partial charge is 0.392 e. The van der Waals surface area contributed by atoms with Crippen LogP contribution in [0.25, 0.3) is 0 Å². The molecule has 1 N–H and O–H groups in total. The molecule has 0 amide bonds. The molecule has 0 aliphatic rings. The molecule has 0 aliphatic heterocycles. The zero-order chi connectivity index (χ0) is 7.98. The molecule has 0 spiro atoms. The van der Waals surface area contributed by atoms with E-state index < -0.39 is 11.0 Å². The highest BCUT2D eigenvalue weighted by Gasteiger charge is 2.06. The summed E-state index contributed by atoms with van der Waals surface area (Å²) in [6, 6.07) is 1.72. The van der Waals surface area contributed by atoms with Crippen molar-refractivity contribution < 1.29 is 10.0 Å². The Balaban J connectivity index is 3.32. The van der Waals surface area contributed by atoms with Gasteiger partial charge in [0.25, 0.3) is 0 Å². The number of nitriles is 1. The maximum atomic E-state index is 9.72. The Hall–Kier alpha value is -1.15. The normalized spacial score (nSPS) is 12.0. The second-order valence-corrected chi connectivity index (χ2v) is 1.86. The van der Waals surface area contributed by atoms with E-state index >= 15 is 0 Å². The quantitative estimate of drug-likeness (QED) is 0.441. The van der Waals surface area contributed by atoms with Crippen molar-refractivity contribution in [2.24, 2.45) is 0 Å². The Morgan fingerprint density at radius 3 is 2.80 bits per heavy atom. The Morgan fingerprint density at radius 2 is 2.40 bits per heavy atom. The first-order valence-electron chi connectivity index (χ1n) is 2.83. The Morgan fingerprint density at radius 1 is 1.80 bits per heavy atom. The standard InChI is InChI=1S/C5H8N2O3/c6-3-1-5(8)2-4-7(9)10/h5,8H,1-2,4H2/t5-/m1/s1. The van der Waals surface area contributed by atoms with E-state index in [4.69, 9.17) is 10.4 Å². The van der Waals surface area contributed by atoms with Gasteiger partial charge in [-0.3, -0.25) is 10.1 Å². The lowest BCUT2D eigenvalue weighted by atomic mass is 10.2. The lowest BCUT2D eigenvalue weighted by Gasteiger charge is -1.99. The third-order valence-corrected chi connectivity index (χ3v) is 0.972. The van der Waals surface area contributed by atoms with Crippen LogP contribution >= 0.6 is 0 Å². The van der Waals surface area contributed by atoms with Crippen molar-refractivity contribution in [2.75, 3.05) is 6.54 Å². The predicted molar refractivity (Wildman–Crippen MR) is 32.7 cm³/mol. The number of aliphatic hydroxyl groups is 1. The lowest BCUT2D eigenvalue weighted by Crippen LogP contribution is -2.12. The SMILES string of the molecule is N#CC[C@@H](O)CC[N+](=O)[O-]. The van der Waals surface area contributed by atoms with Crippen molar-refractivity contribution in [3.05, 3.63) is 10.1 Å². The van der Waals surface area contributed by atoms with Crippen LogP contribution in [0.15, 0.2) is 0 Å². The van der Waals surface area contributed by atoms with Gasteiger partial charge in [-0.1, -0.05) is 0 Å². The highest BCUT2D eigenvalue weighted by molar-refractivity contribution is 4.74. The van der Waals surface area contributed by atoms with E-state index in [9.17, 15) is 10.1 Å². The molecule has 0 unspecified atom stereocenters. The van der Waals surface area contributed by atoms with Gasteiger partial charge in [-0.25, -0.2) is 0 Å². The molecule has 0 aromatic heterocycles. The molecule has 5 nitrogen and oxygen atoms in total. The molecule has 5 heteroatoms. The van der Waals surface area contributed by atoms with Crippen molar-refractivity contribution in [3.63, 3.8) is 0 Å². The molecule has 0 aliphatic carbocycles. The molecule has 0 aromatic carbocycles. The maximum Gasteiger partial charge on any atom is 0.206 e. The van der Waals surface area contributed by atoms with Crippen LogP contribution in [0.2, 0.25) is 0 Å². The van der Waals surface area contributed by atoms with Crippen LogP contribution in [0.1, 0.15) is 12.8 Å². The summed E-state index contributed by atoms with van der Waals surface area (Å²) in [6.07, 6.45) is -0.829. The number of aliphatic hydroxyl groups excluding tert-OH is 1. The van der Waals surface area contributed by atoms with Gasteiger partial charge in [0.2, 0.25) is 6.54 Å². The number of nitro groups is 1. The zero-order valence-corrected chi connectivity index (χ0v) is 5.36. The van der Waals surface area contributed by atoms with Gasteiger partial charge >= 0.3 is 0 Å². The van der Waals surface area contributed by atoms with Crippen LogP contribution in [0.4, 0.5) is 0 Å². The van der Waals surface area contributed by atoms with Gasteiger partial charge in [-0.15, -0.1) is 0 Å². The first-order valence-corrected chi connectivity index (χ1v) is 2.83. The van der Waals surface area contributed by atoms with E-state index in [1.807, 2.05) is 0 Å². The molecule has 0 saturated carbocycles. The van der Waals surface area contributed by atoms with Gasteiger partial charge in [0.1, 0.15) is 0 Å². The van der Waals surface area contributed by atoms with Gasteiger partial charge in [0, 0.05) is 11.3 Å². The molecule has 0 bridgehead atoms. The topological polar surface area (TPSA) is 87.2 Å². The molecule has 0 heterocycles. The van der Waals surface area contributed by atoms with Gasteiger partial charge < -0.3 is 5.11 Å². The third-order valence-electron chi connectivity index (χ3n) is 0.972. The molecule has 56 valence electrons. The van der Waals surface area contributed by atoms with Crippen molar-refractivity contribution in [1.82, 2.24) is 0 Å². The molecule has 0 saturated heterocycles.